The van der Waals surface area contributed by atoms with Crippen LogP contribution in [0.3, 0.4) is 0 Å². The summed E-state index contributed by atoms with van der Waals surface area (Å²) in [4.78, 5) is 11.8. The van der Waals surface area contributed by atoms with Crippen LogP contribution in [0.2, 0.25) is 0 Å². The second-order valence-electron chi connectivity index (χ2n) is 5.74. The van der Waals surface area contributed by atoms with Gasteiger partial charge in [0.2, 0.25) is 5.91 Å². The van der Waals surface area contributed by atoms with Crippen LogP contribution in [0.15, 0.2) is 12.2 Å². The molecular weight excluding hydrogens is 200 g/mol. The first-order chi connectivity index (χ1) is 7.41. The van der Waals surface area contributed by atoms with E-state index < -0.39 is 6.04 Å². The fraction of sp³-hybridized carbons (Fsp3) is 0.769. The van der Waals surface area contributed by atoms with E-state index in [4.69, 9.17) is 5.73 Å². The summed E-state index contributed by atoms with van der Waals surface area (Å²) in [5, 5.41) is 2.96. The van der Waals surface area contributed by atoms with Crippen LogP contribution in [-0.2, 0) is 4.79 Å². The zero-order chi connectivity index (χ0) is 12.2. The lowest BCUT2D eigenvalue weighted by molar-refractivity contribution is -0.124. The second kappa shape index (κ2) is 5.48. The molecule has 1 amide bonds. The molecule has 1 aliphatic rings. The van der Waals surface area contributed by atoms with Gasteiger partial charge in [0.05, 0.1) is 6.04 Å². The maximum absolute atomic E-state index is 11.8. The number of allylic oxidation sites excluding steroid dienone is 2. The SMILES string of the molecule is CC(C)(C)C(N)C(=O)NCC1CC=CCC1. The van der Waals surface area contributed by atoms with Gasteiger partial charge in [-0.2, -0.15) is 0 Å². The molecule has 0 spiro atoms. The molecule has 0 radical (unpaired) electrons. The third-order valence-electron chi connectivity index (χ3n) is 3.16. The van der Waals surface area contributed by atoms with Crippen molar-refractivity contribution in [1.82, 2.24) is 5.32 Å². The number of nitrogens with two attached hydrogens (primary N) is 1. The average molecular weight is 224 g/mol. The standard InChI is InChI=1S/C13H24N2O/c1-13(2,3)11(14)12(16)15-9-10-7-5-4-6-8-10/h4-5,10-11H,6-9,14H2,1-3H3,(H,15,16). The topological polar surface area (TPSA) is 55.1 Å². The zero-order valence-electron chi connectivity index (χ0n) is 10.6. The van der Waals surface area contributed by atoms with Crippen molar-refractivity contribution in [2.45, 2.75) is 46.1 Å². The molecular formula is C13H24N2O. The Hall–Kier alpha value is -0.830. The summed E-state index contributed by atoms with van der Waals surface area (Å²) >= 11 is 0. The zero-order valence-corrected chi connectivity index (χ0v) is 10.6. The number of rotatable bonds is 3. The highest BCUT2D eigenvalue weighted by Gasteiger charge is 2.27. The van der Waals surface area contributed by atoms with E-state index in [1.165, 1.54) is 6.42 Å². The van der Waals surface area contributed by atoms with Gasteiger partial charge in [0.15, 0.2) is 0 Å². The van der Waals surface area contributed by atoms with Crippen LogP contribution < -0.4 is 11.1 Å². The van der Waals surface area contributed by atoms with Crippen LogP contribution in [0.4, 0.5) is 0 Å². The van der Waals surface area contributed by atoms with Crippen molar-refractivity contribution in [3.8, 4) is 0 Å². The van der Waals surface area contributed by atoms with Gasteiger partial charge in [0.25, 0.3) is 0 Å². The first kappa shape index (κ1) is 13.2. The normalized spacial score (nSPS) is 22.9. The molecule has 0 saturated heterocycles. The Morgan fingerprint density at radius 3 is 2.69 bits per heavy atom. The number of nitrogens with one attached hydrogen (secondary N) is 1. The van der Waals surface area contributed by atoms with Crippen LogP contribution in [0.25, 0.3) is 0 Å². The van der Waals surface area contributed by atoms with Gasteiger partial charge in [0, 0.05) is 6.54 Å². The molecule has 0 aromatic carbocycles. The molecule has 16 heavy (non-hydrogen) atoms. The molecule has 1 aliphatic carbocycles. The van der Waals surface area contributed by atoms with Crippen molar-refractivity contribution >= 4 is 5.91 Å². The number of amides is 1. The number of hydrogen-bond donors (Lipinski definition) is 2. The molecule has 2 atom stereocenters. The summed E-state index contributed by atoms with van der Waals surface area (Å²) in [5.74, 6) is 0.558. The highest BCUT2D eigenvalue weighted by molar-refractivity contribution is 5.82. The van der Waals surface area contributed by atoms with Gasteiger partial charge in [0.1, 0.15) is 0 Å². The molecule has 0 aliphatic heterocycles. The lowest BCUT2D eigenvalue weighted by atomic mass is 9.86. The monoisotopic (exact) mass is 224 g/mol. The minimum atomic E-state index is -0.424. The van der Waals surface area contributed by atoms with Crippen LogP contribution in [0, 0.1) is 11.3 Å². The minimum absolute atomic E-state index is 0.0259. The smallest absolute Gasteiger partial charge is 0.237 e. The van der Waals surface area contributed by atoms with Crippen molar-refractivity contribution in [3.05, 3.63) is 12.2 Å². The van der Waals surface area contributed by atoms with Crippen LogP contribution in [-0.4, -0.2) is 18.5 Å². The van der Waals surface area contributed by atoms with Crippen LogP contribution in [0.1, 0.15) is 40.0 Å². The molecule has 0 fully saturated rings. The third kappa shape index (κ3) is 3.97. The molecule has 0 aromatic rings. The summed E-state index contributed by atoms with van der Waals surface area (Å²) in [6.07, 6.45) is 7.78. The molecule has 92 valence electrons. The second-order valence-corrected chi connectivity index (χ2v) is 5.74. The molecule has 3 heteroatoms. The Morgan fingerprint density at radius 1 is 1.50 bits per heavy atom. The summed E-state index contributed by atoms with van der Waals surface area (Å²) in [5.41, 5.74) is 5.71. The van der Waals surface area contributed by atoms with Crippen LogP contribution in [0.5, 0.6) is 0 Å². The average Bonchev–Trinajstić information content (AvgIpc) is 2.25. The Morgan fingerprint density at radius 2 is 2.19 bits per heavy atom. The predicted octanol–water partition coefficient (Wildman–Crippen LogP) is 1.83. The molecule has 0 aromatic heterocycles. The maximum atomic E-state index is 11.8. The van der Waals surface area contributed by atoms with Gasteiger partial charge < -0.3 is 11.1 Å². The fourth-order valence-corrected chi connectivity index (χ4v) is 1.79. The minimum Gasteiger partial charge on any atom is -0.354 e. The third-order valence-corrected chi connectivity index (χ3v) is 3.16. The summed E-state index contributed by atoms with van der Waals surface area (Å²) in [6.45, 7) is 6.72. The lowest BCUT2D eigenvalue weighted by Gasteiger charge is -2.27. The van der Waals surface area contributed by atoms with E-state index in [0.717, 1.165) is 19.4 Å². The van der Waals surface area contributed by atoms with E-state index in [2.05, 4.69) is 17.5 Å². The Labute approximate surface area is 98.5 Å². The molecule has 1 rings (SSSR count). The first-order valence-electron chi connectivity index (χ1n) is 6.09. The van der Waals surface area contributed by atoms with Gasteiger partial charge in [-0.3, -0.25) is 4.79 Å². The molecule has 0 saturated carbocycles. The number of carbonyl (C=O) groups excluding carboxylic acids is 1. The Bertz CT molecular complexity index is 266. The van der Waals surface area contributed by atoms with Crippen molar-refractivity contribution in [2.75, 3.05) is 6.54 Å². The van der Waals surface area contributed by atoms with Gasteiger partial charge >= 0.3 is 0 Å². The van der Waals surface area contributed by atoms with Gasteiger partial charge in [-0.25, -0.2) is 0 Å². The summed E-state index contributed by atoms with van der Waals surface area (Å²) in [7, 11) is 0. The highest BCUT2D eigenvalue weighted by Crippen LogP contribution is 2.19. The number of carbonyl (C=O) groups is 1. The Kier molecular flexibility index (Phi) is 4.54. The summed E-state index contributed by atoms with van der Waals surface area (Å²) < 4.78 is 0. The maximum Gasteiger partial charge on any atom is 0.237 e. The molecule has 0 bridgehead atoms. The van der Waals surface area contributed by atoms with Crippen LogP contribution >= 0.6 is 0 Å². The fourth-order valence-electron chi connectivity index (χ4n) is 1.79. The van der Waals surface area contributed by atoms with E-state index in [1.54, 1.807) is 0 Å². The van der Waals surface area contributed by atoms with Crippen molar-refractivity contribution < 1.29 is 4.79 Å². The van der Waals surface area contributed by atoms with Gasteiger partial charge in [-0.1, -0.05) is 32.9 Å². The highest BCUT2D eigenvalue weighted by atomic mass is 16.2. The van der Waals surface area contributed by atoms with Gasteiger partial charge in [-0.05, 0) is 30.6 Å². The summed E-state index contributed by atoms with van der Waals surface area (Å²) in [6, 6.07) is -0.424. The molecule has 3 N–H and O–H groups in total. The van der Waals surface area contributed by atoms with Crippen molar-refractivity contribution in [3.63, 3.8) is 0 Å². The molecule has 3 nitrogen and oxygen atoms in total. The predicted molar refractivity (Wildman–Crippen MR) is 66.9 cm³/mol. The first-order valence-corrected chi connectivity index (χ1v) is 6.09. The van der Waals surface area contributed by atoms with E-state index in [9.17, 15) is 4.79 Å². The van der Waals surface area contributed by atoms with E-state index in [0.29, 0.717) is 5.92 Å². The quantitative estimate of drug-likeness (QED) is 0.719. The largest absolute Gasteiger partial charge is 0.354 e. The van der Waals surface area contributed by atoms with Gasteiger partial charge in [-0.15, -0.1) is 0 Å². The Balaban J connectivity index is 2.32. The van der Waals surface area contributed by atoms with E-state index >= 15 is 0 Å². The van der Waals surface area contributed by atoms with E-state index in [-0.39, 0.29) is 11.3 Å². The molecule has 0 heterocycles. The molecule has 2 unspecified atom stereocenters. The number of hydrogen-bond acceptors (Lipinski definition) is 2. The van der Waals surface area contributed by atoms with Crippen molar-refractivity contribution in [1.29, 1.82) is 0 Å². The lowest BCUT2D eigenvalue weighted by Crippen LogP contribution is -2.49. The van der Waals surface area contributed by atoms with Crippen molar-refractivity contribution in [2.24, 2.45) is 17.1 Å². The van der Waals surface area contributed by atoms with E-state index in [1.807, 2.05) is 20.8 Å².